The summed E-state index contributed by atoms with van der Waals surface area (Å²) in [7, 11) is 0. The molecule has 0 aliphatic rings. The number of unbranched alkanes of at least 4 members (excludes halogenated alkanes) is 14. The Morgan fingerprint density at radius 2 is 0.636 bits per heavy atom. The summed E-state index contributed by atoms with van der Waals surface area (Å²) in [4.78, 5) is 0. The zero-order chi connectivity index (χ0) is 32.2. The van der Waals surface area contributed by atoms with Crippen molar-refractivity contribution in [3.63, 3.8) is 0 Å². The first-order chi connectivity index (χ1) is 21.5. The lowest BCUT2D eigenvalue weighted by Gasteiger charge is -2.19. The summed E-state index contributed by atoms with van der Waals surface area (Å²) < 4.78 is 0. The first-order valence-electron chi connectivity index (χ1n) is 19.2. The van der Waals surface area contributed by atoms with Crippen molar-refractivity contribution in [1.82, 2.24) is 0 Å². The van der Waals surface area contributed by atoms with E-state index in [0.29, 0.717) is 0 Å². The topological polar surface area (TPSA) is 0 Å². The van der Waals surface area contributed by atoms with Gasteiger partial charge in [0, 0.05) is 0 Å². The van der Waals surface area contributed by atoms with Gasteiger partial charge < -0.3 is 0 Å². The van der Waals surface area contributed by atoms with Gasteiger partial charge in [0.1, 0.15) is 0 Å². The Morgan fingerprint density at radius 3 is 0.977 bits per heavy atom. The predicted molar refractivity (Wildman–Crippen MR) is 204 cm³/mol. The Hall–Kier alpha value is -2.08. The molecular formula is C44H70. The highest BCUT2D eigenvalue weighted by molar-refractivity contribution is 6.25. The van der Waals surface area contributed by atoms with E-state index in [1.807, 2.05) is 0 Å². The Bertz CT molecular complexity index is 1190. The summed E-state index contributed by atoms with van der Waals surface area (Å²) in [6.07, 6.45) is 27.0. The molecule has 0 saturated heterocycles. The van der Waals surface area contributed by atoms with E-state index in [4.69, 9.17) is 0 Å². The van der Waals surface area contributed by atoms with Crippen LogP contribution in [0.5, 0.6) is 0 Å². The van der Waals surface area contributed by atoms with Gasteiger partial charge in [-0.1, -0.05) is 181 Å². The standard InChI is InChI=1S/C34H46.C6H14.C4H10/c1-5-7-9-11-13-15-17-27-23-25(3)29-20-22-32-28(18-16-14-12-10-8-6-2)24-26(4)30-19-21-31(27)33(29)34(30)32;1-3-5-6-4-2;1-3-4-2/h19-24H,5-18H2,1-4H3;3-6H2,1-2H3;3-4H2,1-2H3. The molecule has 0 spiro atoms. The van der Waals surface area contributed by atoms with Crippen LogP contribution < -0.4 is 0 Å². The third kappa shape index (κ3) is 11.7. The molecule has 0 fully saturated rings. The van der Waals surface area contributed by atoms with Crippen molar-refractivity contribution in [2.45, 2.75) is 184 Å². The molecule has 4 aromatic rings. The Balaban J connectivity index is 0.000000586. The molecule has 0 unspecified atom stereocenters. The van der Waals surface area contributed by atoms with Crippen LogP contribution in [0.4, 0.5) is 0 Å². The average molecular weight is 599 g/mol. The molecule has 0 radical (unpaired) electrons. The second kappa shape index (κ2) is 22.4. The van der Waals surface area contributed by atoms with Gasteiger partial charge in [-0.2, -0.15) is 0 Å². The highest BCUT2D eigenvalue weighted by Crippen LogP contribution is 2.40. The molecular weight excluding hydrogens is 528 g/mol. The lowest BCUT2D eigenvalue weighted by Crippen LogP contribution is -1.97. The van der Waals surface area contributed by atoms with Crippen LogP contribution in [0.3, 0.4) is 0 Å². The summed E-state index contributed by atoms with van der Waals surface area (Å²) in [5.74, 6) is 0. The van der Waals surface area contributed by atoms with Crippen LogP contribution in [0.2, 0.25) is 0 Å². The molecule has 4 aromatic carbocycles. The average Bonchev–Trinajstić information content (AvgIpc) is 3.04. The minimum atomic E-state index is 1.21. The number of hydrogen-bond donors (Lipinski definition) is 0. The second-order valence-electron chi connectivity index (χ2n) is 13.5. The number of aryl methyl sites for hydroxylation is 4. The van der Waals surface area contributed by atoms with E-state index >= 15 is 0 Å². The van der Waals surface area contributed by atoms with Crippen molar-refractivity contribution in [1.29, 1.82) is 0 Å². The van der Waals surface area contributed by atoms with E-state index in [0.717, 1.165) is 0 Å². The molecule has 0 amide bonds. The first kappa shape index (κ1) is 38.1. The molecule has 246 valence electrons. The van der Waals surface area contributed by atoms with Crippen molar-refractivity contribution in [3.8, 4) is 0 Å². The monoisotopic (exact) mass is 599 g/mol. The summed E-state index contributed by atoms with van der Waals surface area (Å²) >= 11 is 0. The van der Waals surface area contributed by atoms with Crippen molar-refractivity contribution < 1.29 is 0 Å². The molecule has 44 heavy (non-hydrogen) atoms. The lowest BCUT2D eigenvalue weighted by atomic mass is 9.85. The molecule has 0 bridgehead atoms. The summed E-state index contributed by atoms with van der Waals surface area (Å²) in [5, 5.41) is 8.98. The van der Waals surface area contributed by atoms with Crippen molar-refractivity contribution in [2.24, 2.45) is 0 Å². The van der Waals surface area contributed by atoms with Crippen LogP contribution in [-0.2, 0) is 12.8 Å². The minimum Gasteiger partial charge on any atom is -0.0654 e. The van der Waals surface area contributed by atoms with Gasteiger partial charge in [-0.25, -0.2) is 0 Å². The fraction of sp³-hybridized carbons (Fsp3) is 0.636. The molecule has 0 saturated carbocycles. The Kier molecular flexibility index (Phi) is 19.4. The van der Waals surface area contributed by atoms with Crippen LogP contribution in [0.1, 0.15) is 179 Å². The fourth-order valence-corrected chi connectivity index (χ4v) is 6.63. The summed E-state index contributed by atoms with van der Waals surface area (Å²) in [5.41, 5.74) is 6.02. The Morgan fingerprint density at radius 1 is 0.341 bits per heavy atom. The number of benzene rings is 4. The highest BCUT2D eigenvalue weighted by atomic mass is 14.2. The zero-order valence-corrected chi connectivity index (χ0v) is 30.6. The number of rotatable bonds is 18. The lowest BCUT2D eigenvalue weighted by molar-refractivity contribution is 0.608. The van der Waals surface area contributed by atoms with E-state index in [9.17, 15) is 0 Å². The van der Waals surface area contributed by atoms with E-state index < -0.39 is 0 Å². The van der Waals surface area contributed by atoms with Crippen LogP contribution >= 0.6 is 0 Å². The summed E-state index contributed by atoms with van der Waals surface area (Å²) in [6, 6.07) is 14.6. The van der Waals surface area contributed by atoms with Crippen LogP contribution in [-0.4, -0.2) is 0 Å². The van der Waals surface area contributed by atoms with E-state index in [2.05, 4.69) is 91.8 Å². The zero-order valence-electron chi connectivity index (χ0n) is 30.6. The van der Waals surface area contributed by atoms with Gasteiger partial charge >= 0.3 is 0 Å². The number of hydrogen-bond acceptors (Lipinski definition) is 0. The molecule has 0 atom stereocenters. The smallest absolute Gasteiger partial charge is 0.00212 e. The first-order valence-corrected chi connectivity index (χ1v) is 19.2. The third-order valence-corrected chi connectivity index (χ3v) is 9.54. The quantitative estimate of drug-likeness (QED) is 0.0789. The molecule has 0 aliphatic heterocycles. The van der Waals surface area contributed by atoms with Gasteiger partial charge in [-0.3, -0.25) is 0 Å². The molecule has 0 nitrogen and oxygen atoms in total. The van der Waals surface area contributed by atoms with Gasteiger partial charge in [0.15, 0.2) is 0 Å². The third-order valence-electron chi connectivity index (χ3n) is 9.54. The minimum absolute atomic E-state index is 1.21. The molecule has 0 heteroatoms. The van der Waals surface area contributed by atoms with Crippen molar-refractivity contribution in [2.75, 3.05) is 0 Å². The maximum atomic E-state index is 2.48. The van der Waals surface area contributed by atoms with Crippen LogP contribution in [0, 0.1) is 13.8 Å². The predicted octanol–water partition coefficient (Wildman–Crippen LogP) is 15.4. The SMILES string of the molecule is CCCC.CCCCCC.CCCCCCCCc1cc(C)c2ccc3c(CCCCCCCC)cc(C)c4ccc1c2c43. The fourth-order valence-electron chi connectivity index (χ4n) is 6.63. The van der Waals surface area contributed by atoms with Gasteiger partial charge in [0.2, 0.25) is 0 Å². The van der Waals surface area contributed by atoms with Gasteiger partial charge in [-0.05, 0) is 94.1 Å². The summed E-state index contributed by atoms with van der Waals surface area (Å²) in [6.45, 7) is 18.1. The van der Waals surface area contributed by atoms with E-state index in [1.165, 1.54) is 172 Å². The Labute approximate surface area is 274 Å². The molecule has 0 aromatic heterocycles. The second-order valence-corrected chi connectivity index (χ2v) is 13.5. The van der Waals surface area contributed by atoms with Crippen molar-refractivity contribution >= 4 is 32.3 Å². The van der Waals surface area contributed by atoms with Crippen LogP contribution in [0.15, 0.2) is 36.4 Å². The van der Waals surface area contributed by atoms with Gasteiger partial charge in [-0.15, -0.1) is 0 Å². The highest BCUT2D eigenvalue weighted by Gasteiger charge is 2.16. The molecule has 0 heterocycles. The maximum absolute atomic E-state index is 2.48. The molecule has 0 N–H and O–H groups in total. The van der Waals surface area contributed by atoms with Gasteiger partial charge in [0.25, 0.3) is 0 Å². The molecule has 4 rings (SSSR count). The maximum Gasteiger partial charge on any atom is -0.00212 e. The largest absolute Gasteiger partial charge is 0.0654 e. The van der Waals surface area contributed by atoms with Crippen molar-refractivity contribution in [3.05, 3.63) is 58.7 Å². The van der Waals surface area contributed by atoms with Gasteiger partial charge in [0.05, 0.1) is 0 Å². The normalized spacial score (nSPS) is 11.2. The van der Waals surface area contributed by atoms with E-state index in [1.54, 1.807) is 11.1 Å². The van der Waals surface area contributed by atoms with Crippen LogP contribution in [0.25, 0.3) is 32.3 Å². The van der Waals surface area contributed by atoms with E-state index in [-0.39, 0.29) is 0 Å². The molecule has 0 aliphatic carbocycles.